The Hall–Kier alpha value is -1.58. The minimum Gasteiger partial charge on any atom is -0.465 e. The van der Waals surface area contributed by atoms with E-state index in [9.17, 15) is 9.18 Å². The number of halogens is 1. The highest BCUT2D eigenvalue weighted by atomic mass is 19.1. The van der Waals surface area contributed by atoms with Gasteiger partial charge in [-0.15, -0.1) is 0 Å². The maximum absolute atomic E-state index is 13.3. The van der Waals surface area contributed by atoms with Crippen molar-refractivity contribution in [3.8, 4) is 0 Å². The number of nitrogen functional groups attached to an aromatic ring is 1. The largest absolute Gasteiger partial charge is 0.465 e. The van der Waals surface area contributed by atoms with Gasteiger partial charge in [0.25, 0.3) is 0 Å². The molecule has 0 radical (unpaired) electrons. The van der Waals surface area contributed by atoms with Gasteiger partial charge >= 0.3 is 5.97 Å². The fourth-order valence-corrected chi connectivity index (χ4v) is 1.86. The van der Waals surface area contributed by atoms with Crippen LogP contribution in [-0.2, 0) is 14.9 Å². The summed E-state index contributed by atoms with van der Waals surface area (Å²) < 4.78 is 18.6. The highest BCUT2D eigenvalue weighted by Gasteiger charge is 2.26. The van der Waals surface area contributed by atoms with Crippen LogP contribution >= 0.6 is 0 Å². The molecule has 1 aromatic carbocycles. The number of hydrogen-bond donors (Lipinski definition) is 1. The molecule has 0 aliphatic heterocycles. The fraction of sp³-hybridized carbons (Fsp3) is 0.562. The average molecular weight is 281 g/mol. The summed E-state index contributed by atoms with van der Waals surface area (Å²) in [6.07, 6.45) is 0.586. The second-order valence-corrected chi connectivity index (χ2v) is 6.75. The number of hydrogen-bond acceptors (Lipinski definition) is 3. The van der Waals surface area contributed by atoms with E-state index < -0.39 is 5.41 Å². The van der Waals surface area contributed by atoms with E-state index in [1.807, 2.05) is 34.6 Å². The van der Waals surface area contributed by atoms with E-state index in [4.69, 9.17) is 10.5 Å². The Morgan fingerprint density at radius 1 is 1.25 bits per heavy atom. The first-order valence-corrected chi connectivity index (χ1v) is 6.77. The van der Waals surface area contributed by atoms with Crippen LogP contribution in [0.2, 0.25) is 0 Å². The van der Waals surface area contributed by atoms with Crippen LogP contribution in [0.25, 0.3) is 0 Å². The number of anilines is 1. The van der Waals surface area contributed by atoms with Crippen molar-refractivity contribution >= 4 is 11.7 Å². The van der Waals surface area contributed by atoms with Crippen molar-refractivity contribution in [1.29, 1.82) is 0 Å². The third kappa shape index (κ3) is 4.22. The molecule has 0 heterocycles. The van der Waals surface area contributed by atoms with Crippen molar-refractivity contribution < 1.29 is 13.9 Å². The molecule has 0 aromatic heterocycles. The normalized spacial score (nSPS) is 12.3. The zero-order chi connectivity index (χ0) is 15.6. The summed E-state index contributed by atoms with van der Waals surface area (Å²) in [5.41, 5.74) is 6.33. The van der Waals surface area contributed by atoms with Crippen molar-refractivity contribution in [3.05, 3.63) is 29.6 Å². The Morgan fingerprint density at radius 2 is 1.85 bits per heavy atom. The van der Waals surface area contributed by atoms with E-state index in [-0.39, 0.29) is 17.2 Å². The predicted molar refractivity (Wildman–Crippen MR) is 78.9 cm³/mol. The molecule has 3 nitrogen and oxygen atoms in total. The van der Waals surface area contributed by atoms with Crippen molar-refractivity contribution in [2.24, 2.45) is 5.41 Å². The summed E-state index contributed by atoms with van der Waals surface area (Å²) in [5, 5.41) is 0. The van der Waals surface area contributed by atoms with Crippen LogP contribution in [0.3, 0.4) is 0 Å². The quantitative estimate of drug-likeness (QED) is 0.677. The van der Waals surface area contributed by atoms with Gasteiger partial charge in [-0.2, -0.15) is 0 Å². The standard InChI is InChI=1S/C16H24FNO2/c1-15(2,3)14(19)20-9-8-16(4,5)12-10-11(17)6-7-13(12)18/h6-7,10H,8-9,18H2,1-5H3. The molecular formula is C16H24FNO2. The van der Waals surface area contributed by atoms with Crippen LogP contribution in [0, 0.1) is 11.2 Å². The second-order valence-electron chi connectivity index (χ2n) is 6.75. The molecule has 2 N–H and O–H groups in total. The second kappa shape index (κ2) is 5.81. The van der Waals surface area contributed by atoms with Gasteiger partial charge < -0.3 is 10.5 Å². The number of carbonyl (C=O) groups is 1. The molecule has 0 spiro atoms. The molecule has 0 aliphatic carbocycles. The molecule has 0 fully saturated rings. The van der Waals surface area contributed by atoms with Gasteiger partial charge in [-0.1, -0.05) is 13.8 Å². The van der Waals surface area contributed by atoms with E-state index in [1.54, 1.807) is 6.07 Å². The van der Waals surface area contributed by atoms with Crippen LogP contribution in [-0.4, -0.2) is 12.6 Å². The van der Waals surface area contributed by atoms with E-state index in [1.165, 1.54) is 12.1 Å². The smallest absolute Gasteiger partial charge is 0.311 e. The Bertz CT molecular complexity index is 490. The molecule has 0 aliphatic rings. The molecule has 1 aromatic rings. The summed E-state index contributed by atoms with van der Waals surface area (Å²) in [4.78, 5) is 11.7. The molecule has 0 saturated heterocycles. The average Bonchev–Trinajstić information content (AvgIpc) is 2.30. The van der Waals surface area contributed by atoms with Gasteiger partial charge in [0, 0.05) is 5.69 Å². The van der Waals surface area contributed by atoms with Crippen LogP contribution in [0.15, 0.2) is 18.2 Å². The lowest BCUT2D eigenvalue weighted by Gasteiger charge is -2.27. The zero-order valence-corrected chi connectivity index (χ0v) is 12.9. The first-order valence-electron chi connectivity index (χ1n) is 6.77. The van der Waals surface area contributed by atoms with E-state index in [0.717, 1.165) is 5.56 Å². The third-order valence-corrected chi connectivity index (χ3v) is 3.32. The van der Waals surface area contributed by atoms with E-state index >= 15 is 0 Å². The van der Waals surface area contributed by atoms with Gasteiger partial charge in [0.1, 0.15) is 5.82 Å². The molecule has 20 heavy (non-hydrogen) atoms. The highest BCUT2D eigenvalue weighted by molar-refractivity contribution is 5.75. The van der Waals surface area contributed by atoms with Crippen molar-refractivity contribution in [3.63, 3.8) is 0 Å². The van der Waals surface area contributed by atoms with E-state index in [2.05, 4.69) is 0 Å². The molecule has 0 bridgehead atoms. The number of carbonyl (C=O) groups excluding carboxylic acids is 1. The molecule has 1 rings (SSSR count). The number of esters is 1. The van der Waals surface area contributed by atoms with Crippen molar-refractivity contribution in [1.82, 2.24) is 0 Å². The Morgan fingerprint density at radius 3 is 2.40 bits per heavy atom. The highest BCUT2D eigenvalue weighted by Crippen LogP contribution is 2.32. The SMILES string of the molecule is CC(C)(C)C(=O)OCCC(C)(C)c1cc(F)ccc1N. The van der Waals surface area contributed by atoms with Gasteiger partial charge in [0.15, 0.2) is 0 Å². The summed E-state index contributed by atoms with van der Waals surface area (Å²) in [6, 6.07) is 4.35. The van der Waals surface area contributed by atoms with Crippen LogP contribution in [0.1, 0.15) is 46.6 Å². The minimum atomic E-state index is -0.512. The van der Waals surface area contributed by atoms with Gasteiger partial charge in [0.2, 0.25) is 0 Å². The molecule has 0 saturated carbocycles. The maximum atomic E-state index is 13.3. The number of benzene rings is 1. The van der Waals surface area contributed by atoms with Crippen molar-refractivity contribution in [2.45, 2.75) is 46.5 Å². The molecule has 112 valence electrons. The number of nitrogens with two attached hydrogens (primary N) is 1. The molecule has 0 unspecified atom stereocenters. The summed E-state index contributed by atoms with van der Waals surface area (Å²) in [6.45, 7) is 9.65. The van der Waals surface area contributed by atoms with E-state index in [0.29, 0.717) is 18.7 Å². The zero-order valence-electron chi connectivity index (χ0n) is 12.9. The Kier molecular flexibility index (Phi) is 4.79. The topological polar surface area (TPSA) is 52.3 Å². The molecule has 4 heteroatoms. The lowest BCUT2D eigenvalue weighted by atomic mass is 9.81. The summed E-state index contributed by atoms with van der Waals surface area (Å²) in [5.74, 6) is -0.547. The minimum absolute atomic E-state index is 0.236. The monoisotopic (exact) mass is 281 g/mol. The molecule has 0 amide bonds. The summed E-state index contributed by atoms with van der Waals surface area (Å²) in [7, 11) is 0. The number of rotatable bonds is 4. The molecular weight excluding hydrogens is 257 g/mol. The predicted octanol–water partition coefficient (Wildman–Crippen LogP) is 3.66. The lowest BCUT2D eigenvalue weighted by Crippen LogP contribution is -2.27. The maximum Gasteiger partial charge on any atom is 0.311 e. The first kappa shape index (κ1) is 16.5. The third-order valence-electron chi connectivity index (χ3n) is 3.32. The van der Waals surface area contributed by atoms with Crippen molar-refractivity contribution in [2.75, 3.05) is 12.3 Å². The first-order chi connectivity index (χ1) is 9.04. The molecule has 0 atom stereocenters. The van der Waals surface area contributed by atoms with Crippen LogP contribution < -0.4 is 5.73 Å². The van der Waals surface area contributed by atoms with Gasteiger partial charge in [-0.3, -0.25) is 4.79 Å². The number of ether oxygens (including phenoxy) is 1. The van der Waals surface area contributed by atoms with Gasteiger partial charge in [-0.25, -0.2) is 4.39 Å². The fourth-order valence-electron chi connectivity index (χ4n) is 1.86. The lowest BCUT2D eigenvalue weighted by molar-refractivity contribution is -0.153. The Labute approximate surface area is 120 Å². The van der Waals surface area contributed by atoms with Crippen LogP contribution in [0.4, 0.5) is 10.1 Å². The van der Waals surface area contributed by atoms with Gasteiger partial charge in [-0.05, 0) is 56.4 Å². The summed E-state index contributed by atoms with van der Waals surface area (Å²) >= 11 is 0. The van der Waals surface area contributed by atoms with Crippen LogP contribution in [0.5, 0.6) is 0 Å². The Balaban J connectivity index is 2.71. The van der Waals surface area contributed by atoms with Gasteiger partial charge in [0.05, 0.1) is 12.0 Å².